The molecule has 1 aromatic carbocycles. The van der Waals surface area contributed by atoms with Crippen molar-refractivity contribution in [1.82, 2.24) is 9.63 Å². The number of rotatable bonds is 2. The van der Waals surface area contributed by atoms with Gasteiger partial charge in [0, 0.05) is 5.56 Å². The molecule has 116 valence electrons. The number of nitrogens with zero attached hydrogens (tertiary/aromatic N) is 2. The molecule has 0 saturated carbocycles. The smallest absolute Gasteiger partial charge is 0.204 e. The molecule has 2 aromatic rings. The van der Waals surface area contributed by atoms with E-state index in [9.17, 15) is 10.0 Å². The second-order valence-electron chi connectivity index (χ2n) is 6.48. The summed E-state index contributed by atoms with van der Waals surface area (Å²) in [5.74, 6) is -0.105. The van der Waals surface area contributed by atoms with E-state index in [0.717, 1.165) is 0 Å². The van der Waals surface area contributed by atoms with Crippen LogP contribution in [-0.4, -0.2) is 20.6 Å². The number of ketones is 1. The molecule has 0 unspecified atom stereocenters. The molecule has 1 aromatic heterocycles. The number of thiazole rings is 1. The normalized spacial score (nSPS) is 19.1. The number of aromatic nitrogens is 1. The summed E-state index contributed by atoms with van der Waals surface area (Å²) in [6.07, 6.45) is 0. The Kier molecular flexibility index (Phi) is 3.18. The lowest BCUT2D eigenvalue weighted by atomic mass is 9.97. The van der Waals surface area contributed by atoms with Gasteiger partial charge >= 0.3 is 0 Å². The Labute approximate surface area is 132 Å². The number of hydrogen-bond donors (Lipinski definition) is 2. The van der Waals surface area contributed by atoms with Gasteiger partial charge in [-0.3, -0.25) is 14.8 Å². The molecule has 0 saturated heterocycles. The van der Waals surface area contributed by atoms with Crippen LogP contribution in [-0.2, 0) is 11.2 Å². The van der Waals surface area contributed by atoms with Gasteiger partial charge < -0.3 is 5.21 Å². The number of carbonyl (C=O) groups is 1. The van der Waals surface area contributed by atoms with Gasteiger partial charge in [-0.25, -0.2) is 0 Å². The van der Waals surface area contributed by atoms with Crippen molar-refractivity contribution < 1.29 is 10.0 Å². The van der Waals surface area contributed by atoms with E-state index in [1.165, 1.54) is 16.4 Å². The number of hydroxylamine groups is 2. The third kappa shape index (κ3) is 1.84. The van der Waals surface area contributed by atoms with Crippen molar-refractivity contribution in [2.75, 3.05) is 0 Å². The highest BCUT2D eigenvalue weighted by molar-refractivity contribution is 7.11. The minimum Gasteiger partial charge on any atom is -0.311 e. The van der Waals surface area contributed by atoms with E-state index < -0.39 is 11.2 Å². The van der Waals surface area contributed by atoms with E-state index >= 15 is 0 Å². The Morgan fingerprint density at radius 3 is 2.36 bits per heavy atom. The summed E-state index contributed by atoms with van der Waals surface area (Å²) in [6.45, 7) is 7.41. The van der Waals surface area contributed by atoms with Crippen LogP contribution < -0.4 is 4.80 Å². The number of hydrogen-bond acceptors (Lipinski definition) is 5. The van der Waals surface area contributed by atoms with Gasteiger partial charge in [-0.05, 0) is 27.7 Å². The fourth-order valence-electron chi connectivity index (χ4n) is 3.22. The van der Waals surface area contributed by atoms with Crippen molar-refractivity contribution >= 4 is 17.1 Å². The van der Waals surface area contributed by atoms with Crippen LogP contribution in [0.15, 0.2) is 30.3 Å². The molecular formula is C16H19N3O2S. The quantitative estimate of drug-likeness (QED) is 0.837. The van der Waals surface area contributed by atoms with Crippen LogP contribution >= 0.6 is 11.3 Å². The zero-order chi connectivity index (χ0) is 16.3. The van der Waals surface area contributed by atoms with Gasteiger partial charge in [0.25, 0.3) is 0 Å². The summed E-state index contributed by atoms with van der Waals surface area (Å²) in [5.41, 5.74) is -0.207. The van der Waals surface area contributed by atoms with Gasteiger partial charge in [0.15, 0.2) is 4.80 Å². The van der Waals surface area contributed by atoms with Crippen LogP contribution in [0.5, 0.6) is 0 Å². The largest absolute Gasteiger partial charge is 0.311 e. The monoisotopic (exact) mass is 317 g/mol. The minimum atomic E-state index is -0.762. The molecule has 2 N–H and O–H groups in total. The average molecular weight is 317 g/mol. The first kappa shape index (κ1) is 15.1. The molecule has 1 aliphatic heterocycles. The predicted molar refractivity (Wildman–Crippen MR) is 84.0 cm³/mol. The summed E-state index contributed by atoms with van der Waals surface area (Å²) in [7, 11) is 0. The highest BCUT2D eigenvalue weighted by Gasteiger charge is 2.52. The summed E-state index contributed by atoms with van der Waals surface area (Å²) in [5, 5.41) is 20.0. The fourth-order valence-corrected chi connectivity index (χ4v) is 4.47. The maximum absolute atomic E-state index is 12.8. The molecule has 0 fully saturated rings. The number of nitrogens with one attached hydrogen (secondary N) is 1. The van der Waals surface area contributed by atoms with E-state index in [-0.39, 0.29) is 10.6 Å². The lowest BCUT2D eigenvalue weighted by Gasteiger charge is -2.34. The van der Waals surface area contributed by atoms with Gasteiger partial charge in [-0.2, -0.15) is 5.06 Å². The molecule has 5 nitrogen and oxygen atoms in total. The van der Waals surface area contributed by atoms with E-state index in [1.54, 1.807) is 16.7 Å². The molecule has 0 bridgehead atoms. The highest BCUT2D eigenvalue weighted by Crippen LogP contribution is 2.45. The fraction of sp³-hybridized carbons (Fsp3) is 0.375. The molecule has 6 heteroatoms. The summed E-state index contributed by atoms with van der Waals surface area (Å²) in [6, 6.07) is 9.05. The van der Waals surface area contributed by atoms with E-state index in [1.807, 2.05) is 45.9 Å². The van der Waals surface area contributed by atoms with Gasteiger partial charge in [0.2, 0.25) is 5.78 Å². The van der Waals surface area contributed by atoms with Gasteiger partial charge in [0.1, 0.15) is 10.5 Å². The lowest BCUT2D eigenvalue weighted by Crippen LogP contribution is -2.46. The van der Waals surface area contributed by atoms with Crippen LogP contribution in [0.2, 0.25) is 0 Å². The molecule has 2 heterocycles. The molecule has 0 amide bonds. The molecule has 0 aliphatic carbocycles. The molecule has 0 atom stereocenters. The van der Waals surface area contributed by atoms with Crippen LogP contribution in [0.4, 0.5) is 0 Å². The molecular weight excluding hydrogens is 298 g/mol. The van der Waals surface area contributed by atoms with Crippen molar-refractivity contribution in [1.29, 1.82) is 5.41 Å². The van der Waals surface area contributed by atoms with E-state index in [0.29, 0.717) is 16.1 Å². The first-order chi connectivity index (χ1) is 10.2. The third-order valence-corrected chi connectivity index (χ3v) is 5.22. The maximum atomic E-state index is 12.8. The molecule has 0 spiro atoms. The van der Waals surface area contributed by atoms with Crippen molar-refractivity contribution in [3.05, 3.63) is 51.3 Å². The first-order valence-corrected chi connectivity index (χ1v) is 7.91. The Morgan fingerprint density at radius 1 is 1.18 bits per heavy atom. The summed E-state index contributed by atoms with van der Waals surface area (Å²) < 4.78 is 1.74. The number of carbonyl (C=O) groups excluding carboxylic acids is 1. The van der Waals surface area contributed by atoms with Crippen molar-refractivity contribution in [2.45, 2.75) is 38.9 Å². The van der Waals surface area contributed by atoms with Crippen LogP contribution in [0.1, 0.15) is 48.6 Å². The van der Waals surface area contributed by atoms with E-state index in [2.05, 4.69) is 0 Å². The highest BCUT2D eigenvalue weighted by atomic mass is 32.1. The van der Waals surface area contributed by atoms with Crippen molar-refractivity contribution in [3.8, 4) is 0 Å². The Morgan fingerprint density at radius 2 is 1.77 bits per heavy atom. The summed E-state index contributed by atoms with van der Waals surface area (Å²) >= 11 is 1.17. The zero-order valence-corrected chi connectivity index (χ0v) is 13.9. The third-order valence-electron chi connectivity index (χ3n) is 4.26. The molecule has 1 aliphatic rings. The van der Waals surface area contributed by atoms with Crippen molar-refractivity contribution in [2.24, 2.45) is 0 Å². The number of benzene rings is 1. The zero-order valence-electron chi connectivity index (χ0n) is 13.0. The Balaban J connectivity index is 2.25. The SMILES string of the molecule is CC1(C)c2c(C(=O)c3ccccc3)sc(=N)n2C(C)(C)N1O. The Hall–Kier alpha value is -1.76. The average Bonchev–Trinajstić information content (AvgIpc) is 2.90. The first-order valence-electron chi connectivity index (χ1n) is 7.09. The number of fused-ring (bicyclic) bond motifs is 1. The van der Waals surface area contributed by atoms with Gasteiger partial charge in [-0.15, -0.1) is 0 Å². The van der Waals surface area contributed by atoms with Crippen LogP contribution in [0.3, 0.4) is 0 Å². The van der Waals surface area contributed by atoms with E-state index in [4.69, 9.17) is 5.41 Å². The second kappa shape index (κ2) is 4.62. The van der Waals surface area contributed by atoms with Gasteiger partial charge in [0.05, 0.1) is 11.2 Å². The van der Waals surface area contributed by atoms with Crippen LogP contribution in [0.25, 0.3) is 0 Å². The topological polar surface area (TPSA) is 69.3 Å². The molecule has 3 rings (SSSR count). The predicted octanol–water partition coefficient (Wildman–Crippen LogP) is 2.89. The van der Waals surface area contributed by atoms with Crippen molar-refractivity contribution in [3.63, 3.8) is 0 Å². The summed E-state index contributed by atoms with van der Waals surface area (Å²) in [4.78, 5) is 13.6. The minimum absolute atomic E-state index is 0.105. The lowest BCUT2D eigenvalue weighted by molar-refractivity contribution is -0.230. The molecule has 22 heavy (non-hydrogen) atoms. The van der Waals surface area contributed by atoms with Crippen LogP contribution in [0, 0.1) is 5.41 Å². The second-order valence-corrected chi connectivity index (χ2v) is 7.48. The molecule has 0 radical (unpaired) electrons. The maximum Gasteiger partial charge on any atom is 0.204 e. The Bertz CT molecular complexity index is 803. The standard InChI is InChI=1S/C16H19N3O2S/c1-15(2)13-12(11(20)10-8-6-5-7-9-10)22-14(17)18(13)16(3,4)19(15)21/h5-9,17,21H,1-4H3. The van der Waals surface area contributed by atoms with Gasteiger partial charge in [-0.1, -0.05) is 41.7 Å².